The van der Waals surface area contributed by atoms with E-state index in [0.29, 0.717) is 26.4 Å². The monoisotopic (exact) mass is 931 g/mol. The first kappa shape index (κ1) is 48.6. The second kappa shape index (κ2) is 23.5. The van der Waals surface area contributed by atoms with Gasteiger partial charge in [0.2, 0.25) is 0 Å². The van der Waals surface area contributed by atoms with Gasteiger partial charge in [-0.25, -0.2) is 0 Å². The fourth-order valence-electron chi connectivity index (χ4n) is 9.24. The minimum Gasteiger partial charge on any atom is -0.374 e. The summed E-state index contributed by atoms with van der Waals surface area (Å²) in [7, 11) is 0. The predicted octanol–water partition coefficient (Wildman–Crippen LogP) is 7.66. The zero-order valence-corrected chi connectivity index (χ0v) is 39.1. The molecule has 13 heteroatoms. The van der Waals surface area contributed by atoms with Crippen LogP contribution in [-0.2, 0) is 89.9 Å². The molecule has 0 spiro atoms. The first-order valence-corrected chi connectivity index (χ1v) is 23.8. The number of rotatable bonds is 20. The van der Waals surface area contributed by atoms with Crippen molar-refractivity contribution in [3.8, 4) is 0 Å². The first-order chi connectivity index (χ1) is 33.3. The summed E-state index contributed by atoms with van der Waals surface area (Å²) in [5.41, 5.74) is 12.1. The topological polar surface area (TPSA) is 137 Å². The lowest BCUT2D eigenvalue weighted by molar-refractivity contribution is -0.351. The van der Waals surface area contributed by atoms with Crippen LogP contribution in [0.4, 0.5) is 0 Å². The summed E-state index contributed by atoms with van der Waals surface area (Å²) in [5, 5.41) is 0. The van der Waals surface area contributed by atoms with Crippen molar-refractivity contribution >= 4 is 0 Å². The lowest BCUT2D eigenvalue weighted by Crippen LogP contribution is -2.64. The maximum atomic E-state index is 7.04. The van der Waals surface area contributed by atoms with Crippen LogP contribution < -0.4 is 5.73 Å². The third-order valence-corrected chi connectivity index (χ3v) is 12.8. The Morgan fingerprint density at radius 2 is 0.941 bits per heavy atom. The molecular weight excluding hydrogens is 867 g/mol. The molecule has 68 heavy (non-hydrogen) atoms. The molecule has 0 amide bonds. The number of hydrogen-bond donors (Lipinski definition) is 1. The van der Waals surface area contributed by atoms with Crippen molar-refractivity contribution in [2.45, 2.75) is 139 Å². The average molecular weight is 932 g/mol. The molecular formula is C55H65NO12. The first-order valence-electron chi connectivity index (χ1n) is 23.8. The van der Waals surface area contributed by atoms with Crippen molar-refractivity contribution in [3.63, 3.8) is 0 Å². The van der Waals surface area contributed by atoms with E-state index in [1.54, 1.807) is 0 Å². The van der Waals surface area contributed by atoms with Gasteiger partial charge in [-0.3, -0.25) is 0 Å². The van der Waals surface area contributed by atoms with Crippen LogP contribution in [0.5, 0.6) is 0 Å². The number of hydrogen-bond acceptors (Lipinski definition) is 13. The van der Waals surface area contributed by atoms with Gasteiger partial charge < -0.3 is 62.6 Å². The molecule has 0 radical (unpaired) electrons. The van der Waals surface area contributed by atoms with E-state index < -0.39 is 85.4 Å². The van der Waals surface area contributed by atoms with Crippen LogP contribution in [0.15, 0.2) is 152 Å². The lowest BCUT2D eigenvalue weighted by Gasteiger charge is -2.47. The van der Waals surface area contributed by atoms with Gasteiger partial charge in [-0.15, -0.1) is 0 Å². The van der Waals surface area contributed by atoms with Crippen LogP contribution >= 0.6 is 0 Å². The fourth-order valence-corrected chi connectivity index (χ4v) is 9.24. The van der Waals surface area contributed by atoms with Crippen LogP contribution in [-0.4, -0.2) is 105 Å². The predicted molar refractivity (Wildman–Crippen MR) is 252 cm³/mol. The van der Waals surface area contributed by atoms with Gasteiger partial charge in [0.25, 0.3) is 0 Å². The Labute approximate surface area is 399 Å². The van der Waals surface area contributed by atoms with Gasteiger partial charge in [0.1, 0.15) is 48.8 Å². The highest BCUT2D eigenvalue weighted by Gasteiger charge is 2.58. The molecule has 13 nitrogen and oxygen atoms in total. The van der Waals surface area contributed by atoms with Crippen molar-refractivity contribution in [3.05, 3.63) is 179 Å². The van der Waals surface area contributed by atoms with Crippen LogP contribution in [0.25, 0.3) is 0 Å². The molecule has 0 aliphatic carbocycles. The number of fused-ring (bicyclic) bond motifs is 1. The van der Waals surface area contributed by atoms with Crippen molar-refractivity contribution in [2.75, 3.05) is 19.8 Å². The Morgan fingerprint density at radius 1 is 0.485 bits per heavy atom. The fraction of sp³-hybridized carbons (Fsp3) is 0.455. The standard InChI is InChI=1S/C55H65NO12/c1-37-47(66-53-51(62-33-42-27-17-8-18-28-42)49(61-32-41-25-15-7-16-26-41)44(35-63-53)58-30-39-21-11-5-12-22-39)50-52(68-55(2,3)67-50)54(64-37)65-45-36-59-43(34-57-29-38-19-9-4-10-20-38)46(56)48(45)60-31-40-23-13-6-14-24-40/h4-28,37,43-54H,29-36,56H2,1-3H3/t37-,43+,44+,45+,46-,47-,48+,49-,50+,51+,52+,53-,54-/m0/s1. The second-order valence-electron chi connectivity index (χ2n) is 18.3. The molecule has 5 aromatic rings. The van der Waals surface area contributed by atoms with E-state index in [2.05, 4.69) is 0 Å². The molecule has 4 aliphatic rings. The molecule has 4 aliphatic heterocycles. The molecule has 0 saturated carbocycles. The number of ether oxygens (including phenoxy) is 12. The van der Waals surface area contributed by atoms with E-state index in [1.165, 1.54) is 0 Å². The van der Waals surface area contributed by atoms with Gasteiger partial charge in [0.05, 0.1) is 71.1 Å². The van der Waals surface area contributed by atoms with Gasteiger partial charge in [-0.1, -0.05) is 152 Å². The van der Waals surface area contributed by atoms with E-state index in [0.717, 1.165) is 27.8 Å². The molecule has 5 aromatic carbocycles. The van der Waals surface area contributed by atoms with Crippen molar-refractivity contribution < 1.29 is 56.8 Å². The van der Waals surface area contributed by atoms with E-state index >= 15 is 0 Å². The summed E-state index contributed by atoms with van der Waals surface area (Å²) in [6, 6.07) is 49.5. The number of benzene rings is 5. The highest BCUT2D eigenvalue weighted by molar-refractivity contribution is 5.17. The normalized spacial score (nSPS) is 31.3. The van der Waals surface area contributed by atoms with Crippen molar-refractivity contribution in [1.29, 1.82) is 0 Å². The summed E-state index contributed by atoms with van der Waals surface area (Å²) in [4.78, 5) is 0. The summed E-state index contributed by atoms with van der Waals surface area (Å²) in [6.07, 6.45) is -7.77. The van der Waals surface area contributed by atoms with Gasteiger partial charge in [0, 0.05) is 0 Å². The summed E-state index contributed by atoms with van der Waals surface area (Å²) in [6.45, 7) is 8.12. The average Bonchev–Trinajstić information content (AvgIpc) is 3.70. The van der Waals surface area contributed by atoms with Crippen molar-refractivity contribution in [1.82, 2.24) is 0 Å². The van der Waals surface area contributed by atoms with E-state index in [1.807, 2.05) is 172 Å². The third kappa shape index (κ3) is 12.7. The Morgan fingerprint density at radius 3 is 1.49 bits per heavy atom. The van der Waals surface area contributed by atoms with E-state index in [-0.39, 0.29) is 26.4 Å². The molecule has 0 bridgehead atoms. The Bertz CT molecular complexity index is 2230. The smallest absolute Gasteiger partial charge is 0.187 e. The molecule has 362 valence electrons. The highest BCUT2D eigenvalue weighted by atomic mass is 16.8. The van der Waals surface area contributed by atoms with Gasteiger partial charge >= 0.3 is 0 Å². The largest absolute Gasteiger partial charge is 0.374 e. The SMILES string of the molecule is C[C@@H]1O[C@@H](O[C@@H]2CO[C@H](COCc3ccccc3)[C@H](N)[C@@H]2OCc2ccccc2)[C@@H]2OC(C)(C)O[C@@H]2[C@H]1O[C@@H]1OC[C@@H](OCc2ccccc2)[C@H](OCc2ccccc2)[C@H]1OCc1ccccc1. The zero-order chi connectivity index (χ0) is 46.7. The van der Waals surface area contributed by atoms with E-state index in [9.17, 15) is 0 Å². The molecule has 2 N–H and O–H groups in total. The molecule has 9 rings (SSSR count). The van der Waals surface area contributed by atoms with Crippen molar-refractivity contribution in [2.24, 2.45) is 5.73 Å². The van der Waals surface area contributed by atoms with Gasteiger partial charge in [0.15, 0.2) is 18.4 Å². The molecule has 4 saturated heterocycles. The lowest BCUT2D eigenvalue weighted by atomic mass is 9.96. The quantitative estimate of drug-likeness (QED) is 0.0819. The van der Waals surface area contributed by atoms with Gasteiger partial charge in [-0.2, -0.15) is 0 Å². The Kier molecular flexibility index (Phi) is 16.8. The summed E-state index contributed by atoms with van der Waals surface area (Å²) < 4.78 is 79.9. The minimum absolute atomic E-state index is 0.191. The molecule has 4 fully saturated rings. The molecule has 0 unspecified atom stereocenters. The van der Waals surface area contributed by atoms with Gasteiger partial charge in [-0.05, 0) is 48.6 Å². The maximum absolute atomic E-state index is 7.04. The van der Waals surface area contributed by atoms with Crippen LogP contribution in [0, 0.1) is 0 Å². The molecule has 0 aromatic heterocycles. The third-order valence-electron chi connectivity index (χ3n) is 12.8. The van der Waals surface area contributed by atoms with Crippen LogP contribution in [0.1, 0.15) is 48.6 Å². The summed E-state index contributed by atoms with van der Waals surface area (Å²) in [5.74, 6) is -0.996. The minimum atomic E-state index is -0.996. The van der Waals surface area contributed by atoms with Crippen LogP contribution in [0.2, 0.25) is 0 Å². The zero-order valence-electron chi connectivity index (χ0n) is 39.1. The van der Waals surface area contributed by atoms with Crippen LogP contribution in [0.3, 0.4) is 0 Å². The highest BCUT2D eigenvalue weighted by Crippen LogP contribution is 2.41. The Balaban J connectivity index is 0.928. The number of nitrogens with two attached hydrogens (primary N) is 1. The molecule has 13 atom stereocenters. The summed E-state index contributed by atoms with van der Waals surface area (Å²) >= 11 is 0. The second-order valence-corrected chi connectivity index (χ2v) is 18.3. The Hall–Kier alpha value is -4.42. The maximum Gasteiger partial charge on any atom is 0.187 e. The molecule has 4 heterocycles. The van der Waals surface area contributed by atoms with E-state index in [4.69, 9.17) is 62.6 Å².